The maximum absolute atomic E-state index is 10.6. The lowest BCUT2D eigenvalue weighted by Crippen LogP contribution is -1.98. The molecular formula is C14H12BrNO3S. The van der Waals surface area contributed by atoms with Gasteiger partial charge in [0.2, 0.25) is 0 Å². The minimum absolute atomic E-state index is 0.348. The van der Waals surface area contributed by atoms with Gasteiger partial charge in [0, 0.05) is 17.0 Å². The van der Waals surface area contributed by atoms with Gasteiger partial charge in [-0.15, -0.1) is 11.3 Å². The van der Waals surface area contributed by atoms with Gasteiger partial charge in [-0.1, -0.05) is 12.1 Å². The summed E-state index contributed by atoms with van der Waals surface area (Å²) in [7, 11) is 0. The standard InChI is InChI=1S/C14H12BrNO3S/c1-9-16-11(8-20-9)7-19-14-10(5-6-13(17)18)3-2-4-12(14)15/h2-6,8H,7H2,1H3,(H,17,18). The van der Waals surface area contributed by atoms with E-state index in [0.29, 0.717) is 17.9 Å². The first-order valence-electron chi connectivity index (χ1n) is 5.79. The van der Waals surface area contributed by atoms with Crippen molar-refractivity contribution in [1.82, 2.24) is 4.98 Å². The molecule has 0 bridgehead atoms. The molecule has 6 heteroatoms. The highest BCUT2D eigenvalue weighted by Crippen LogP contribution is 2.30. The molecule has 0 unspecified atom stereocenters. The van der Waals surface area contributed by atoms with Gasteiger partial charge in [-0.05, 0) is 35.0 Å². The van der Waals surface area contributed by atoms with E-state index in [-0.39, 0.29) is 0 Å². The lowest BCUT2D eigenvalue weighted by Gasteiger charge is -2.10. The van der Waals surface area contributed by atoms with Crippen LogP contribution in [0.2, 0.25) is 0 Å². The fraction of sp³-hybridized carbons (Fsp3) is 0.143. The largest absolute Gasteiger partial charge is 0.485 e. The van der Waals surface area contributed by atoms with Crippen LogP contribution < -0.4 is 4.74 Å². The molecule has 20 heavy (non-hydrogen) atoms. The van der Waals surface area contributed by atoms with Crippen molar-refractivity contribution in [2.24, 2.45) is 0 Å². The third-order valence-electron chi connectivity index (χ3n) is 2.43. The van der Waals surface area contributed by atoms with Gasteiger partial charge in [0.1, 0.15) is 12.4 Å². The summed E-state index contributed by atoms with van der Waals surface area (Å²) in [5.74, 6) is -0.387. The Labute approximate surface area is 128 Å². The van der Waals surface area contributed by atoms with E-state index in [1.165, 1.54) is 6.08 Å². The summed E-state index contributed by atoms with van der Waals surface area (Å²) < 4.78 is 6.53. The van der Waals surface area contributed by atoms with E-state index in [4.69, 9.17) is 9.84 Å². The van der Waals surface area contributed by atoms with Crippen molar-refractivity contribution in [1.29, 1.82) is 0 Å². The molecule has 0 radical (unpaired) electrons. The molecule has 2 aromatic rings. The monoisotopic (exact) mass is 353 g/mol. The summed E-state index contributed by atoms with van der Waals surface area (Å²) in [5, 5.41) is 11.6. The maximum atomic E-state index is 10.6. The summed E-state index contributed by atoms with van der Waals surface area (Å²) in [6.45, 7) is 2.29. The van der Waals surface area contributed by atoms with Gasteiger partial charge in [0.05, 0.1) is 15.2 Å². The maximum Gasteiger partial charge on any atom is 0.328 e. The average Bonchev–Trinajstić information content (AvgIpc) is 2.81. The average molecular weight is 354 g/mol. The number of aromatic nitrogens is 1. The molecule has 0 aliphatic carbocycles. The normalized spacial score (nSPS) is 10.9. The van der Waals surface area contributed by atoms with E-state index in [9.17, 15) is 4.79 Å². The number of para-hydroxylation sites is 1. The number of halogens is 1. The fourth-order valence-electron chi connectivity index (χ4n) is 1.59. The number of thiazole rings is 1. The van der Waals surface area contributed by atoms with Crippen LogP contribution in [0.25, 0.3) is 6.08 Å². The van der Waals surface area contributed by atoms with Crippen LogP contribution in [-0.4, -0.2) is 16.1 Å². The third-order valence-corrected chi connectivity index (χ3v) is 3.88. The molecule has 0 aliphatic rings. The Morgan fingerprint density at radius 1 is 1.55 bits per heavy atom. The first-order valence-corrected chi connectivity index (χ1v) is 7.47. The first-order chi connectivity index (χ1) is 9.56. The molecular weight excluding hydrogens is 342 g/mol. The number of benzene rings is 1. The Balaban J connectivity index is 2.19. The van der Waals surface area contributed by atoms with E-state index in [1.807, 2.05) is 24.4 Å². The van der Waals surface area contributed by atoms with Gasteiger partial charge in [-0.25, -0.2) is 9.78 Å². The molecule has 0 amide bonds. The molecule has 0 saturated heterocycles. The number of hydrogen-bond donors (Lipinski definition) is 1. The van der Waals surface area contributed by atoms with Crippen molar-refractivity contribution >= 4 is 39.3 Å². The van der Waals surface area contributed by atoms with E-state index in [0.717, 1.165) is 21.3 Å². The van der Waals surface area contributed by atoms with Crippen LogP contribution in [0.4, 0.5) is 0 Å². The van der Waals surface area contributed by atoms with Crippen LogP contribution in [0.3, 0.4) is 0 Å². The van der Waals surface area contributed by atoms with Crippen LogP contribution in [0.1, 0.15) is 16.3 Å². The Morgan fingerprint density at radius 3 is 3.00 bits per heavy atom. The van der Waals surface area contributed by atoms with Gasteiger partial charge in [-0.3, -0.25) is 0 Å². The highest BCUT2D eigenvalue weighted by molar-refractivity contribution is 9.10. The number of carbonyl (C=O) groups is 1. The number of carboxylic acid groups (broad SMARTS) is 1. The first kappa shape index (κ1) is 14.7. The lowest BCUT2D eigenvalue weighted by molar-refractivity contribution is -0.131. The molecule has 0 saturated carbocycles. The molecule has 0 fully saturated rings. The van der Waals surface area contributed by atoms with E-state index in [1.54, 1.807) is 17.4 Å². The van der Waals surface area contributed by atoms with Gasteiger partial charge in [0.15, 0.2) is 0 Å². The molecule has 104 valence electrons. The van der Waals surface area contributed by atoms with E-state index >= 15 is 0 Å². The summed E-state index contributed by atoms with van der Waals surface area (Å²) in [6.07, 6.45) is 2.59. The zero-order valence-corrected chi connectivity index (χ0v) is 13.1. The quantitative estimate of drug-likeness (QED) is 0.828. The highest BCUT2D eigenvalue weighted by atomic mass is 79.9. The molecule has 4 nitrogen and oxygen atoms in total. The minimum Gasteiger partial charge on any atom is -0.485 e. The Hall–Kier alpha value is -1.66. The van der Waals surface area contributed by atoms with Crippen molar-refractivity contribution in [3.8, 4) is 5.75 Å². The van der Waals surface area contributed by atoms with Crippen molar-refractivity contribution in [3.05, 3.63) is 50.4 Å². The third kappa shape index (κ3) is 3.91. The fourth-order valence-corrected chi connectivity index (χ4v) is 2.68. The van der Waals surface area contributed by atoms with E-state index < -0.39 is 5.97 Å². The van der Waals surface area contributed by atoms with Crippen molar-refractivity contribution < 1.29 is 14.6 Å². The minimum atomic E-state index is -0.994. The van der Waals surface area contributed by atoms with Gasteiger partial charge in [0.25, 0.3) is 0 Å². The smallest absolute Gasteiger partial charge is 0.328 e. The van der Waals surface area contributed by atoms with Gasteiger partial charge >= 0.3 is 5.97 Å². The number of rotatable bonds is 5. The van der Waals surface area contributed by atoms with Crippen molar-refractivity contribution in [2.45, 2.75) is 13.5 Å². The Morgan fingerprint density at radius 2 is 2.35 bits per heavy atom. The molecule has 2 rings (SSSR count). The topological polar surface area (TPSA) is 59.4 Å². The number of aliphatic carboxylic acids is 1. The molecule has 0 aliphatic heterocycles. The number of aryl methyl sites for hydroxylation is 1. The predicted octanol–water partition coefficient (Wildman–Crippen LogP) is 3.89. The van der Waals surface area contributed by atoms with Crippen molar-refractivity contribution in [3.63, 3.8) is 0 Å². The van der Waals surface area contributed by atoms with Crippen LogP contribution >= 0.6 is 27.3 Å². The van der Waals surface area contributed by atoms with Gasteiger partial charge in [-0.2, -0.15) is 0 Å². The van der Waals surface area contributed by atoms with Gasteiger partial charge < -0.3 is 9.84 Å². The second kappa shape index (κ2) is 6.67. The zero-order chi connectivity index (χ0) is 14.5. The van der Waals surface area contributed by atoms with Crippen LogP contribution in [-0.2, 0) is 11.4 Å². The zero-order valence-electron chi connectivity index (χ0n) is 10.7. The second-order valence-electron chi connectivity index (χ2n) is 3.98. The molecule has 0 spiro atoms. The van der Waals surface area contributed by atoms with Crippen molar-refractivity contribution in [2.75, 3.05) is 0 Å². The SMILES string of the molecule is Cc1nc(COc2c(Br)cccc2C=CC(=O)O)cs1. The highest BCUT2D eigenvalue weighted by Gasteiger charge is 2.08. The number of ether oxygens (including phenoxy) is 1. The summed E-state index contributed by atoms with van der Waals surface area (Å²) in [6, 6.07) is 5.47. The molecule has 1 aromatic carbocycles. The number of hydrogen-bond acceptors (Lipinski definition) is 4. The van der Waals surface area contributed by atoms with Crippen LogP contribution in [0.15, 0.2) is 34.1 Å². The summed E-state index contributed by atoms with van der Waals surface area (Å²) >= 11 is 4.98. The van der Waals surface area contributed by atoms with Crippen LogP contribution in [0.5, 0.6) is 5.75 Å². The molecule has 1 heterocycles. The molecule has 1 N–H and O–H groups in total. The van der Waals surface area contributed by atoms with E-state index in [2.05, 4.69) is 20.9 Å². The number of nitrogens with zero attached hydrogens (tertiary/aromatic N) is 1. The number of carboxylic acids is 1. The molecule has 0 atom stereocenters. The summed E-state index contributed by atoms with van der Waals surface area (Å²) in [4.78, 5) is 14.9. The Kier molecular flexibility index (Phi) is 4.92. The molecule has 1 aromatic heterocycles. The summed E-state index contributed by atoms with van der Waals surface area (Å²) in [5.41, 5.74) is 1.56. The lowest BCUT2D eigenvalue weighted by atomic mass is 10.2. The Bertz CT molecular complexity index is 652. The second-order valence-corrected chi connectivity index (χ2v) is 5.89. The van der Waals surface area contributed by atoms with Crippen LogP contribution in [0, 0.1) is 6.92 Å². The predicted molar refractivity (Wildman–Crippen MR) is 82.0 cm³/mol.